The van der Waals surface area contributed by atoms with E-state index in [-0.39, 0.29) is 18.4 Å². The lowest BCUT2D eigenvalue weighted by Gasteiger charge is -2.37. The quantitative estimate of drug-likeness (QED) is 0.837. The fourth-order valence-corrected chi connectivity index (χ4v) is 3.47. The highest BCUT2D eigenvalue weighted by Gasteiger charge is 2.22. The van der Waals surface area contributed by atoms with Crippen LogP contribution in [-0.2, 0) is 9.59 Å². The maximum Gasteiger partial charge on any atom is 0.241 e. The SMILES string of the molecule is CC(=O)Nc1cccc(NCC(=O)N2CCN(c3cccc(C)c3C)CC2)c1. The molecular weight excluding hydrogens is 352 g/mol. The number of benzene rings is 2. The third-order valence-corrected chi connectivity index (χ3v) is 5.18. The Morgan fingerprint density at radius 1 is 0.964 bits per heavy atom. The number of aryl methyl sites for hydroxylation is 1. The predicted octanol–water partition coefficient (Wildman–Crippen LogP) is 3.02. The largest absolute Gasteiger partial charge is 0.376 e. The standard InChI is InChI=1S/C22H28N4O2/c1-16-6-4-9-21(17(16)2)25-10-12-26(13-11-25)22(28)15-23-19-7-5-8-20(14-19)24-18(3)27/h4-9,14,23H,10-13,15H2,1-3H3,(H,24,27). The Balaban J connectivity index is 1.52. The van der Waals surface area contributed by atoms with Crippen LogP contribution in [0.5, 0.6) is 0 Å². The molecule has 6 heteroatoms. The molecule has 0 atom stereocenters. The van der Waals surface area contributed by atoms with Crippen molar-refractivity contribution in [2.75, 3.05) is 48.3 Å². The van der Waals surface area contributed by atoms with Gasteiger partial charge in [-0.05, 0) is 49.2 Å². The summed E-state index contributed by atoms with van der Waals surface area (Å²) in [5, 5.41) is 5.90. The van der Waals surface area contributed by atoms with Crippen LogP contribution in [-0.4, -0.2) is 49.4 Å². The summed E-state index contributed by atoms with van der Waals surface area (Å²) in [4.78, 5) is 28.0. The number of amides is 2. The van der Waals surface area contributed by atoms with Crippen LogP contribution in [0.25, 0.3) is 0 Å². The second-order valence-corrected chi connectivity index (χ2v) is 7.20. The van der Waals surface area contributed by atoms with Crippen molar-refractivity contribution in [1.82, 2.24) is 4.90 Å². The van der Waals surface area contributed by atoms with E-state index in [2.05, 4.69) is 47.6 Å². The molecular formula is C22H28N4O2. The number of nitrogens with one attached hydrogen (secondary N) is 2. The first kappa shape index (κ1) is 19.7. The first-order chi connectivity index (χ1) is 13.4. The van der Waals surface area contributed by atoms with Crippen LogP contribution >= 0.6 is 0 Å². The van der Waals surface area contributed by atoms with E-state index in [0.717, 1.165) is 31.9 Å². The second-order valence-electron chi connectivity index (χ2n) is 7.20. The molecule has 0 radical (unpaired) electrons. The molecule has 0 bridgehead atoms. The zero-order chi connectivity index (χ0) is 20.1. The van der Waals surface area contributed by atoms with Crippen LogP contribution in [0, 0.1) is 13.8 Å². The summed E-state index contributed by atoms with van der Waals surface area (Å²) in [6.45, 7) is 9.13. The van der Waals surface area contributed by atoms with E-state index in [1.165, 1.54) is 23.7 Å². The van der Waals surface area contributed by atoms with Crippen molar-refractivity contribution in [2.45, 2.75) is 20.8 Å². The fraction of sp³-hybridized carbons (Fsp3) is 0.364. The van der Waals surface area contributed by atoms with Gasteiger partial charge < -0.3 is 20.4 Å². The van der Waals surface area contributed by atoms with Gasteiger partial charge in [0, 0.05) is 50.2 Å². The zero-order valence-corrected chi connectivity index (χ0v) is 16.8. The van der Waals surface area contributed by atoms with Gasteiger partial charge in [0.1, 0.15) is 0 Å². The highest BCUT2D eigenvalue weighted by molar-refractivity contribution is 5.89. The van der Waals surface area contributed by atoms with Gasteiger partial charge >= 0.3 is 0 Å². The maximum atomic E-state index is 12.6. The molecule has 2 aromatic rings. The normalized spacial score (nSPS) is 14.0. The summed E-state index contributed by atoms with van der Waals surface area (Å²) in [6, 6.07) is 13.8. The minimum absolute atomic E-state index is 0.0885. The van der Waals surface area contributed by atoms with Crippen LogP contribution in [0.2, 0.25) is 0 Å². The van der Waals surface area contributed by atoms with E-state index >= 15 is 0 Å². The molecule has 0 spiro atoms. The molecule has 2 N–H and O–H groups in total. The first-order valence-electron chi connectivity index (χ1n) is 9.64. The number of piperazine rings is 1. The van der Waals surface area contributed by atoms with E-state index in [4.69, 9.17) is 0 Å². The van der Waals surface area contributed by atoms with Crippen LogP contribution < -0.4 is 15.5 Å². The van der Waals surface area contributed by atoms with Gasteiger partial charge in [-0.25, -0.2) is 0 Å². The lowest BCUT2D eigenvalue weighted by atomic mass is 10.1. The van der Waals surface area contributed by atoms with Gasteiger partial charge in [0.15, 0.2) is 0 Å². The predicted molar refractivity (Wildman–Crippen MR) is 114 cm³/mol. The number of anilines is 3. The molecule has 148 valence electrons. The number of carbonyl (C=O) groups excluding carboxylic acids is 2. The van der Waals surface area contributed by atoms with Gasteiger partial charge in [-0.15, -0.1) is 0 Å². The minimum Gasteiger partial charge on any atom is -0.376 e. The summed E-state index contributed by atoms with van der Waals surface area (Å²) < 4.78 is 0. The molecule has 1 saturated heterocycles. The van der Waals surface area contributed by atoms with Crippen molar-refractivity contribution in [3.63, 3.8) is 0 Å². The Morgan fingerprint density at radius 3 is 2.36 bits per heavy atom. The molecule has 3 rings (SSSR count). The van der Waals surface area contributed by atoms with Crippen molar-refractivity contribution in [2.24, 2.45) is 0 Å². The van der Waals surface area contributed by atoms with Crippen molar-refractivity contribution in [3.8, 4) is 0 Å². The Hall–Kier alpha value is -3.02. The molecule has 1 aliphatic heterocycles. The topological polar surface area (TPSA) is 64.7 Å². The van der Waals surface area contributed by atoms with Crippen LogP contribution in [0.4, 0.5) is 17.1 Å². The Kier molecular flexibility index (Phi) is 6.19. The number of nitrogens with zero attached hydrogens (tertiary/aromatic N) is 2. The van der Waals surface area contributed by atoms with E-state index < -0.39 is 0 Å². The zero-order valence-electron chi connectivity index (χ0n) is 16.8. The molecule has 0 saturated carbocycles. The lowest BCUT2D eigenvalue weighted by molar-refractivity contribution is -0.129. The Morgan fingerprint density at radius 2 is 1.64 bits per heavy atom. The van der Waals surface area contributed by atoms with E-state index in [9.17, 15) is 9.59 Å². The Labute approximate surface area is 166 Å². The van der Waals surface area contributed by atoms with Gasteiger partial charge in [0.25, 0.3) is 0 Å². The summed E-state index contributed by atoms with van der Waals surface area (Å²) >= 11 is 0. The number of carbonyl (C=O) groups is 2. The molecule has 1 aliphatic rings. The summed E-state index contributed by atoms with van der Waals surface area (Å²) in [7, 11) is 0. The molecule has 0 aromatic heterocycles. The number of rotatable bonds is 5. The highest BCUT2D eigenvalue weighted by Crippen LogP contribution is 2.24. The lowest BCUT2D eigenvalue weighted by Crippen LogP contribution is -2.50. The summed E-state index contributed by atoms with van der Waals surface area (Å²) in [5.74, 6) is -0.0273. The molecule has 2 amide bonds. The summed E-state index contributed by atoms with van der Waals surface area (Å²) in [6.07, 6.45) is 0. The molecule has 0 unspecified atom stereocenters. The van der Waals surface area contributed by atoms with Gasteiger partial charge in [-0.2, -0.15) is 0 Å². The number of hydrogen-bond acceptors (Lipinski definition) is 4. The van der Waals surface area contributed by atoms with E-state index in [1.807, 2.05) is 29.2 Å². The van der Waals surface area contributed by atoms with Crippen LogP contribution in [0.15, 0.2) is 42.5 Å². The van der Waals surface area contributed by atoms with Gasteiger partial charge in [-0.3, -0.25) is 9.59 Å². The highest BCUT2D eigenvalue weighted by atomic mass is 16.2. The molecule has 1 heterocycles. The van der Waals surface area contributed by atoms with E-state index in [0.29, 0.717) is 5.69 Å². The first-order valence-corrected chi connectivity index (χ1v) is 9.64. The molecule has 6 nitrogen and oxygen atoms in total. The van der Waals surface area contributed by atoms with Crippen LogP contribution in [0.1, 0.15) is 18.1 Å². The fourth-order valence-electron chi connectivity index (χ4n) is 3.47. The molecule has 1 fully saturated rings. The summed E-state index contributed by atoms with van der Waals surface area (Å²) in [5.41, 5.74) is 5.39. The Bertz CT molecular complexity index is 857. The van der Waals surface area contributed by atoms with E-state index in [1.54, 1.807) is 0 Å². The van der Waals surface area contributed by atoms with Gasteiger partial charge in [0.2, 0.25) is 11.8 Å². The molecule has 28 heavy (non-hydrogen) atoms. The van der Waals surface area contributed by atoms with Crippen molar-refractivity contribution < 1.29 is 9.59 Å². The smallest absolute Gasteiger partial charge is 0.241 e. The average molecular weight is 380 g/mol. The third kappa shape index (κ3) is 4.82. The van der Waals surface area contributed by atoms with Crippen molar-refractivity contribution >= 4 is 28.9 Å². The average Bonchev–Trinajstić information content (AvgIpc) is 2.68. The van der Waals surface area contributed by atoms with Gasteiger partial charge in [0.05, 0.1) is 6.54 Å². The van der Waals surface area contributed by atoms with Crippen molar-refractivity contribution in [3.05, 3.63) is 53.6 Å². The maximum absolute atomic E-state index is 12.6. The minimum atomic E-state index is -0.116. The molecule has 0 aliphatic carbocycles. The van der Waals surface area contributed by atoms with Crippen molar-refractivity contribution in [1.29, 1.82) is 0 Å². The van der Waals surface area contributed by atoms with Gasteiger partial charge in [-0.1, -0.05) is 18.2 Å². The molecule has 2 aromatic carbocycles. The number of hydrogen-bond donors (Lipinski definition) is 2. The third-order valence-electron chi connectivity index (χ3n) is 5.18. The monoisotopic (exact) mass is 380 g/mol. The second kappa shape index (κ2) is 8.78. The van der Waals surface area contributed by atoms with Crippen LogP contribution in [0.3, 0.4) is 0 Å².